The molecule has 0 aliphatic rings. The van der Waals surface area contributed by atoms with Crippen molar-refractivity contribution in [1.82, 2.24) is 10.3 Å². The fraction of sp³-hybridized carbons (Fsp3) is 0.429. The molecule has 0 aliphatic heterocycles. The lowest BCUT2D eigenvalue weighted by Gasteiger charge is -2.26. The number of hydrogen-bond acceptors (Lipinski definition) is 4. The monoisotopic (exact) mass is 260 g/mol. The maximum Gasteiger partial charge on any atom is 0.251 e. The van der Waals surface area contributed by atoms with E-state index in [4.69, 9.17) is 11.1 Å². The summed E-state index contributed by atoms with van der Waals surface area (Å²) < 4.78 is 0. The lowest BCUT2D eigenvalue weighted by atomic mass is 10.1. The predicted octanol–water partition coefficient (Wildman–Crippen LogP) is 1.15. The van der Waals surface area contributed by atoms with Gasteiger partial charge in [-0.2, -0.15) is 5.26 Å². The minimum atomic E-state index is -0.249. The van der Waals surface area contributed by atoms with Crippen LogP contribution in [0.15, 0.2) is 24.3 Å². The first-order valence-corrected chi connectivity index (χ1v) is 6.32. The third-order valence-electron chi connectivity index (χ3n) is 3.03. The Balaban J connectivity index is 2.78. The standard InChI is InChI=1S/C14H20N4O/c1-3-5-13(14(19)17-16)18(2)10-12-7-4-6-11(8-12)9-15/h4,6-8,13H,3,5,10,16H2,1-2H3,(H,17,19). The van der Waals surface area contributed by atoms with Gasteiger partial charge in [0.1, 0.15) is 0 Å². The molecule has 0 saturated heterocycles. The van der Waals surface area contributed by atoms with Gasteiger partial charge in [-0.1, -0.05) is 25.5 Å². The van der Waals surface area contributed by atoms with E-state index in [1.807, 2.05) is 37.1 Å². The quantitative estimate of drug-likeness (QED) is 0.456. The zero-order chi connectivity index (χ0) is 14.3. The third kappa shape index (κ3) is 4.36. The lowest BCUT2D eigenvalue weighted by Crippen LogP contribution is -2.47. The number of nitriles is 1. The first kappa shape index (κ1) is 15.2. The van der Waals surface area contributed by atoms with Crippen LogP contribution in [0.1, 0.15) is 30.9 Å². The molecule has 0 fully saturated rings. The number of likely N-dealkylation sites (N-methyl/N-ethyl adjacent to an activating group) is 1. The van der Waals surface area contributed by atoms with Gasteiger partial charge in [-0.25, -0.2) is 5.84 Å². The summed E-state index contributed by atoms with van der Waals surface area (Å²) in [5.41, 5.74) is 3.84. The van der Waals surface area contributed by atoms with Crippen molar-refractivity contribution in [2.24, 2.45) is 5.84 Å². The maximum absolute atomic E-state index is 11.7. The fourth-order valence-corrected chi connectivity index (χ4v) is 2.06. The summed E-state index contributed by atoms with van der Waals surface area (Å²) in [4.78, 5) is 13.7. The molecule has 0 saturated carbocycles. The summed E-state index contributed by atoms with van der Waals surface area (Å²) in [6.45, 7) is 2.63. The van der Waals surface area contributed by atoms with Crippen LogP contribution in [0.3, 0.4) is 0 Å². The van der Waals surface area contributed by atoms with E-state index in [0.717, 1.165) is 18.4 Å². The van der Waals surface area contributed by atoms with Gasteiger partial charge in [-0.05, 0) is 31.2 Å². The molecule has 3 N–H and O–H groups in total. The molecule has 5 nitrogen and oxygen atoms in total. The largest absolute Gasteiger partial charge is 0.293 e. The van der Waals surface area contributed by atoms with Crippen molar-refractivity contribution in [2.75, 3.05) is 7.05 Å². The second-order valence-corrected chi connectivity index (χ2v) is 4.54. The minimum Gasteiger partial charge on any atom is -0.293 e. The number of hydrazine groups is 1. The van der Waals surface area contributed by atoms with Crippen LogP contribution >= 0.6 is 0 Å². The Morgan fingerprint density at radius 3 is 2.89 bits per heavy atom. The minimum absolute atomic E-state index is 0.180. The van der Waals surface area contributed by atoms with Gasteiger partial charge in [0.15, 0.2) is 0 Å². The van der Waals surface area contributed by atoms with Crippen molar-refractivity contribution in [2.45, 2.75) is 32.4 Å². The van der Waals surface area contributed by atoms with Crippen molar-refractivity contribution in [3.8, 4) is 6.07 Å². The molecule has 102 valence electrons. The van der Waals surface area contributed by atoms with E-state index in [0.29, 0.717) is 12.1 Å². The van der Waals surface area contributed by atoms with Gasteiger partial charge < -0.3 is 0 Å². The third-order valence-corrected chi connectivity index (χ3v) is 3.03. The molecular weight excluding hydrogens is 240 g/mol. The molecular formula is C14H20N4O. The van der Waals surface area contributed by atoms with Gasteiger partial charge in [0.25, 0.3) is 5.91 Å². The van der Waals surface area contributed by atoms with Crippen LogP contribution in [0.5, 0.6) is 0 Å². The number of nitrogens with two attached hydrogens (primary N) is 1. The molecule has 1 aromatic carbocycles. The van der Waals surface area contributed by atoms with Gasteiger partial charge in [-0.3, -0.25) is 15.1 Å². The van der Waals surface area contributed by atoms with Crippen molar-refractivity contribution in [3.05, 3.63) is 35.4 Å². The summed E-state index contributed by atoms with van der Waals surface area (Å²) in [6, 6.07) is 9.25. The number of nitrogens with one attached hydrogen (secondary N) is 1. The fourth-order valence-electron chi connectivity index (χ4n) is 2.06. The maximum atomic E-state index is 11.7. The molecule has 1 atom stereocenters. The number of rotatable bonds is 6. The summed E-state index contributed by atoms with van der Waals surface area (Å²) in [7, 11) is 1.88. The van der Waals surface area contributed by atoms with Crippen LogP contribution in [-0.4, -0.2) is 23.9 Å². The van der Waals surface area contributed by atoms with E-state index in [-0.39, 0.29) is 11.9 Å². The lowest BCUT2D eigenvalue weighted by molar-refractivity contribution is -0.126. The second kappa shape index (κ2) is 7.52. The Morgan fingerprint density at radius 2 is 2.32 bits per heavy atom. The van der Waals surface area contributed by atoms with Crippen LogP contribution in [0.25, 0.3) is 0 Å². The molecule has 0 aromatic heterocycles. The Morgan fingerprint density at radius 1 is 1.58 bits per heavy atom. The van der Waals surface area contributed by atoms with Gasteiger partial charge in [0, 0.05) is 6.54 Å². The number of nitrogens with zero attached hydrogens (tertiary/aromatic N) is 2. The van der Waals surface area contributed by atoms with E-state index in [2.05, 4.69) is 11.5 Å². The highest BCUT2D eigenvalue weighted by atomic mass is 16.2. The van der Waals surface area contributed by atoms with E-state index >= 15 is 0 Å². The SMILES string of the molecule is CCCC(C(=O)NN)N(C)Cc1cccc(C#N)c1. The molecule has 1 unspecified atom stereocenters. The Kier molecular flexibility index (Phi) is 6.00. The molecule has 19 heavy (non-hydrogen) atoms. The topological polar surface area (TPSA) is 82.2 Å². The molecule has 0 radical (unpaired) electrons. The van der Waals surface area contributed by atoms with Crippen LogP contribution < -0.4 is 11.3 Å². The van der Waals surface area contributed by atoms with E-state index in [1.54, 1.807) is 6.07 Å². The number of benzene rings is 1. The average Bonchev–Trinajstić information content (AvgIpc) is 2.44. The van der Waals surface area contributed by atoms with Gasteiger partial charge in [0.05, 0.1) is 17.7 Å². The number of hydrogen-bond donors (Lipinski definition) is 2. The van der Waals surface area contributed by atoms with Gasteiger partial charge >= 0.3 is 0 Å². The normalized spacial score (nSPS) is 11.9. The van der Waals surface area contributed by atoms with Gasteiger partial charge in [-0.15, -0.1) is 0 Å². The Bertz CT molecular complexity index is 467. The van der Waals surface area contributed by atoms with Crippen LogP contribution in [-0.2, 0) is 11.3 Å². The molecule has 1 aromatic rings. The molecule has 0 heterocycles. The molecule has 1 rings (SSSR count). The summed E-state index contributed by atoms with van der Waals surface area (Å²) >= 11 is 0. The molecule has 0 bridgehead atoms. The smallest absolute Gasteiger partial charge is 0.251 e. The molecule has 0 spiro atoms. The first-order chi connectivity index (χ1) is 9.12. The van der Waals surface area contributed by atoms with Crippen molar-refractivity contribution in [1.29, 1.82) is 5.26 Å². The zero-order valence-electron chi connectivity index (χ0n) is 11.4. The second-order valence-electron chi connectivity index (χ2n) is 4.54. The van der Waals surface area contributed by atoms with E-state index in [9.17, 15) is 4.79 Å². The number of carbonyl (C=O) groups excluding carboxylic acids is 1. The van der Waals surface area contributed by atoms with Crippen LogP contribution in [0, 0.1) is 11.3 Å². The van der Waals surface area contributed by atoms with Gasteiger partial charge in [0.2, 0.25) is 0 Å². The van der Waals surface area contributed by atoms with E-state index in [1.165, 1.54) is 0 Å². The van der Waals surface area contributed by atoms with Crippen molar-refractivity contribution in [3.63, 3.8) is 0 Å². The number of carbonyl (C=O) groups is 1. The summed E-state index contributed by atoms with van der Waals surface area (Å²) in [6.07, 6.45) is 1.65. The highest BCUT2D eigenvalue weighted by Gasteiger charge is 2.21. The predicted molar refractivity (Wildman–Crippen MR) is 73.7 cm³/mol. The Labute approximate surface area is 114 Å². The highest BCUT2D eigenvalue weighted by molar-refractivity contribution is 5.81. The van der Waals surface area contributed by atoms with Crippen LogP contribution in [0.4, 0.5) is 0 Å². The van der Waals surface area contributed by atoms with Crippen molar-refractivity contribution < 1.29 is 4.79 Å². The highest BCUT2D eigenvalue weighted by Crippen LogP contribution is 2.12. The first-order valence-electron chi connectivity index (χ1n) is 6.32. The van der Waals surface area contributed by atoms with E-state index < -0.39 is 0 Å². The Hall–Kier alpha value is -1.90. The molecule has 5 heteroatoms. The summed E-state index contributed by atoms with van der Waals surface area (Å²) in [5.74, 6) is 5.03. The zero-order valence-corrected chi connectivity index (χ0v) is 11.4. The molecule has 1 amide bonds. The number of amides is 1. The summed E-state index contributed by atoms with van der Waals surface area (Å²) in [5, 5.41) is 8.87. The molecule has 0 aliphatic carbocycles. The average molecular weight is 260 g/mol. The van der Waals surface area contributed by atoms with Crippen molar-refractivity contribution >= 4 is 5.91 Å². The van der Waals surface area contributed by atoms with Crippen LogP contribution in [0.2, 0.25) is 0 Å².